The number of aryl methyl sites for hydroxylation is 1. The third-order valence-electron chi connectivity index (χ3n) is 3.96. The van der Waals surface area contributed by atoms with Crippen LogP contribution in [0, 0.1) is 0 Å². The molecule has 5 heteroatoms. The monoisotopic (exact) mass is 272 g/mol. The zero-order valence-corrected chi connectivity index (χ0v) is 12.1. The van der Waals surface area contributed by atoms with Crippen molar-refractivity contribution in [3.8, 4) is 0 Å². The minimum absolute atomic E-state index is 0.0617. The number of nitrogens with one attached hydrogen (secondary N) is 1. The molecule has 2 unspecified atom stereocenters. The minimum Gasteiger partial charge on any atom is -0.406 e. The van der Waals surface area contributed by atoms with E-state index in [1.807, 2.05) is 14.0 Å². The van der Waals surface area contributed by atoms with Crippen LogP contribution in [0.2, 0.25) is 0 Å². The van der Waals surface area contributed by atoms with Gasteiger partial charge in [0.1, 0.15) is 0 Å². The molecule has 0 aliphatic carbocycles. The van der Waals surface area contributed by atoms with Crippen molar-refractivity contribution < 1.29 is 4.42 Å². The zero-order valence-electron chi connectivity index (χ0n) is 12.1. The fraction of sp³-hybridized carbons (Fsp3) is 0.467. The highest BCUT2D eigenvalue weighted by molar-refractivity contribution is 5.63. The van der Waals surface area contributed by atoms with Gasteiger partial charge in [-0.2, -0.15) is 0 Å². The van der Waals surface area contributed by atoms with Gasteiger partial charge >= 0.3 is 6.01 Å². The Balaban J connectivity index is 1.98. The summed E-state index contributed by atoms with van der Waals surface area (Å²) in [6.45, 7) is 4.20. The molecule has 0 bridgehead atoms. The van der Waals surface area contributed by atoms with Gasteiger partial charge in [0.15, 0.2) is 0 Å². The number of para-hydroxylation sites is 1. The molecule has 2 atom stereocenters. The van der Waals surface area contributed by atoms with Crippen LogP contribution in [0.4, 0.5) is 11.7 Å². The van der Waals surface area contributed by atoms with Crippen LogP contribution in [-0.2, 0) is 6.42 Å². The van der Waals surface area contributed by atoms with Crippen LogP contribution in [0.5, 0.6) is 0 Å². The summed E-state index contributed by atoms with van der Waals surface area (Å²) >= 11 is 0. The molecule has 5 nitrogen and oxygen atoms in total. The molecule has 1 aliphatic heterocycles. The van der Waals surface area contributed by atoms with Gasteiger partial charge in [0.25, 0.3) is 0 Å². The van der Waals surface area contributed by atoms with Gasteiger partial charge in [-0.05, 0) is 45.4 Å². The van der Waals surface area contributed by atoms with E-state index in [0.717, 1.165) is 12.8 Å². The fourth-order valence-corrected chi connectivity index (χ4v) is 2.60. The second-order valence-corrected chi connectivity index (χ2v) is 5.32. The van der Waals surface area contributed by atoms with Crippen molar-refractivity contribution in [3.05, 3.63) is 35.7 Å². The molecule has 2 aromatic rings. The molecule has 0 spiro atoms. The first-order valence-electron chi connectivity index (χ1n) is 7.08. The van der Waals surface area contributed by atoms with Gasteiger partial charge in [-0.25, -0.2) is 0 Å². The van der Waals surface area contributed by atoms with Crippen LogP contribution < -0.4 is 10.2 Å². The highest BCUT2D eigenvalue weighted by atomic mass is 16.4. The van der Waals surface area contributed by atoms with Crippen molar-refractivity contribution in [2.75, 3.05) is 11.9 Å². The molecule has 0 fully saturated rings. The van der Waals surface area contributed by atoms with Gasteiger partial charge in [-0.3, -0.25) is 4.90 Å². The maximum Gasteiger partial charge on any atom is 0.323 e. The third kappa shape index (κ3) is 2.18. The van der Waals surface area contributed by atoms with Crippen LogP contribution in [-0.4, -0.2) is 23.3 Å². The predicted octanol–water partition coefficient (Wildman–Crippen LogP) is 2.82. The zero-order chi connectivity index (χ0) is 14.1. The number of hydrogen-bond donors (Lipinski definition) is 1. The molecule has 0 amide bonds. The van der Waals surface area contributed by atoms with Gasteiger partial charge in [-0.1, -0.05) is 23.3 Å². The van der Waals surface area contributed by atoms with Crippen molar-refractivity contribution in [1.82, 2.24) is 15.5 Å². The normalized spacial score (nSPS) is 19.8. The van der Waals surface area contributed by atoms with E-state index in [1.165, 1.54) is 11.3 Å². The third-order valence-corrected chi connectivity index (χ3v) is 3.96. The van der Waals surface area contributed by atoms with Crippen molar-refractivity contribution >= 4 is 11.7 Å². The van der Waals surface area contributed by atoms with E-state index >= 15 is 0 Å². The Bertz CT molecular complexity index is 595. The second kappa shape index (κ2) is 5.25. The van der Waals surface area contributed by atoms with E-state index in [9.17, 15) is 0 Å². The van der Waals surface area contributed by atoms with E-state index in [4.69, 9.17) is 4.42 Å². The topological polar surface area (TPSA) is 54.2 Å². The summed E-state index contributed by atoms with van der Waals surface area (Å²) in [5.74, 6) is 0.623. The van der Waals surface area contributed by atoms with E-state index in [2.05, 4.69) is 51.6 Å². The van der Waals surface area contributed by atoms with Gasteiger partial charge < -0.3 is 9.73 Å². The van der Waals surface area contributed by atoms with Gasteiger partial charge in [0, 0.05) is 11.7 Å². The number of anilines is 2. The Labute approximate surface area is 119 Å². The minimum atomic E-state index is 0.0617. The Morgan fingerprint density at radius 2 is 2.15 bits per heavy atom. The lowest BCUT2D eigenvalue weighted by atomic mass is 9.97. The van der Waals surface area contributed by atoms with Crippen LogP contribution in [0.15, 0.2) is 28.7 Å². The maximum absolute atomic E-state index is 5.84. The number of fused-ring (bicyclic) bond motifs is 1. The first-order chi connectivity index (χ1) is 9.70. The Hall–Kier alpha value is -1.88. The summed E-state index contributed by atoms with van der Waals surface area (Å²) in [5, 5.41) is 11.5. The first kappa shape index (κ1) is 13.1. The van der Waals surface area contributed by atoms with Crippen LogP contribution >= 0.6 is 0 Å². The quantitative estimate of drug-likeness (QED) is 0.931. The first-order valence-corrected chi connectivity index (χ1v) is 7.08. The molecule has 1 aromatic heterocycles. The number of aromatic nitrogens is 2. The molecular weight excluding hydrogens is 252 g/mol. The van der Waals surface area contributed by atoms with Gasteiger partial charge in [0.2, 0.25) is 5.89 Å². The summed E-state index contributed by atoms with van der Waals surface area (Å²) in [6.07, 6.45) is 2.19. The average Bonchev–Trinajstić information content (AvgIpc) is 2.95. The number of benzene rings is 1. The predicted molar refractivity (Wildman–Crippen MR) is 78.1 cm³/mol. The van der Waals surface area contributed by atoms with E-state index in [0.29, 0.717) is 17.9 Å². The van der Waals surface area contributed by atoms with Crippen molar-refractivity contribution in [3.63, 3.8) is 0 Å². The smallest absolute Gasteiger partial charge is 0.323 e. The molecule has 3 rings (SSSR count). The summed E-state index contributed by atoms with van der Waals surface area (Å²) in [5.41, 5.74) is 2.52. The largest absolute Gasteiger partial charge is 0.406 e. The summed E-state index contributed by atoms with van der Waals surface area (Å²) in [6, 6.07) is 9.43. The van der Waals surface area contributed by atoms with E-state index in [-0.39, 0.29) is 6.04 Å². The highest BCUT2D eigenvalue weighted by Crippen LogP contribution is 2.36. The number of rotatable bonds is 3. The van der Waals surface area contributed by atoms with E-state index in [1.54, 1.807) is 0 Å². The number of hydrogen-bond acceptors (Lipinski definition) is 5. The lowest BCUT2D eigenvalue weighted by Crippen LogP contribution is -2.33. The average molecular weight is 272 g/mol. The molecule has 1 aliphatic rings. The number of nitrogens with zero attached hydrogens (tertiary/aromatic N) is 3. The van der Waals surface area contributed by atoms with Gasteiger partial charge in [0.05, 0.1) is 6.04 Å². The maximum atomic E-state index is 5.84. The summed E-state index contributed by atoms with van der Waals surface area (Å²) in [7, 11) is 1.88. The SMILES string of the molecule is CNC(C)c1nnc(N2c3ccccc3CCC2C)o1. The standard InChI is InChI=1S/C15H20N4O/c1-10-8-9-12-6-4-5-7-13(12)19(10)15-18-17-14(20-15)11(2)16-3/h4-7,10-11,16H,8-9H2,1-3H3. The Morgan fingerprint density at radius 3 is 2.95 bits per heavy atom. The lowest BCUT2D eigenvalue weighted by molar-refractivity contribution is 0.426. The Morgan fingerprint density at radius 1 is 1.35 bits per heavy atom. The molecule has 0 saturated carbocycles. The van der Waals surface area contributed by atoms with Crippen LogP contribution in [0.3, 0.4) is 0 Å². The molecule has 20 heavy (non-hydrogen) atoms. The van der Waals surface area contributed by atoms with E-state index < -0.39 is 0 Å². The van der Waals surface area contributed by atoms with Crippen LogP contribution in [0.1, 0.15) is 37.8 Å². The molecule has 0 saturated heterocycles. The molecular formula is C15H20N4O. The van der Waals surface area contributed by atoms with Crippen molar-refractivity contribution in [1.29, 1.82) is 0 Å². The Kier molecular flexibility index (Phi) is 3.44. The molecule has 0 radical (unpaired) electrons. The second-order valence-electron chi connectivity index (χ2n) is 5.32. The molecule has 2 heterocycles. The fourth-order valence-electron chi connectivity index (χ4n) is 2.60. The van der Waals surface area contributed by atoms with Gasteiger partial charge in [-0.15, -0.1) is 5.10 Å². The lowest BCUT2D eigenvalue weighted by Gasteiger charge is -2.33. The van der Waals surface area contributed by atoms with Crippen molar-refractivity contribution in [2.45, 2.75) is 38.8 Å². The van der Waals surface area contributed by atoms with Crippen LogP contribution in [0.25, 0.3) is 0 Å². The summed E-state index contributed by atoms with van der Waals surface area (Å²) in [4.78, 5) is 2.15. The summed E-state index contributed by atoms with van der Waals surface area (Å²) < 4.78 is 5.84. The molecule has 106 valence electrons. The highest BCUT2D eigenvalue weighted by Gasteiger charge is 2.28. The van der Waals surface area contributed by atoms with Crippen molar-refractivity contribution in [2.24, 2.45) is 0 Å². The molecule has 1 aromatic carbocycles. The molecule has 1 N–H and O–H groups in total.